The molecule has 2 aromatic rings. The van der Waals surface area contributed by atoms with Crippen LogP contribution in [0.1, 0.15) is 124 Å². The van der Waals surface area contributed by atoms with Crippen LogP contribution in [0.4, 0.5) is 13.2 Å². The molecule has 2 aromatic heterocycles. The molecule has 1 saturated heterocycles. The zero-order valence-electron chi connectivity index (χ0n) is 22.1. The summed E-state index contributed by atoms with van der Waals surface area (Å²) in [5.74, 6) is 0.165. The largest absolute Gasteiger partial charge is 0.433 e. The van der Waals surface area contributed by atoms with Crippen molar-refractivity contribution in [3.05, 3.63) is 57.7 Å². The smallest absolute Gasteiger partial charge is 0.381 e. The fourth-order valence-electron chi connectivity index (χ4n) is 8.07. The molecule has 3 spiro atoms. The number of nitrogens with zero attached hydrogens (tertiary/aromatic N) is 2. The highest BCUT2D eigenvalue weighted by atomic mass is 19.4. The lowest BCUT2D eigenvalue weighted by molar-refractivity contribution is -0.141. The molecule has 3 aliphatic carbocycles. The van der Waals surface area contributed by atoms with Crippen molar-refractivity contribution in [3.63, 3.8) is 0 Å². The van der Waals surface area contributed by atoms with Gasteiger partial charge in [-0.3, -0.25) is 9.97 Å². The second kappa shape index (κ2) is 7.35. The van der Waals surface area contributed by atoms with Crippen molar-refractivity contribution in [2.24, 2.45) is 5.41 Å². The molecule has 2 saturated carbocycles. The molecule has 1 atom stereocenters. The van der Waals surface area contributed by atoms with E-state index in [0.29, 0.717) is 18.8 Å². The minimum atomic E-state index is -4.47. The second-order valence-electron chi connectivity index (χ2n) is 13.2. The number of aromatic nitrogens is 2. The first-order valence-corrected chi connectivity index (χ1v) is 13.8. The molecule has 37 heavy (non-hydrogen) atoms. The summed E-state index contributed by atoms with van der Waals surface area (Å²) < 4.78 is 52.7. The van der Waals surface area contributed by atoms with Crippen LogP contribution in [0.3, 0.4) is 0 Å². The topological polar surface area (TPSA) is 44.2 Å². The maximum Gasteiger partial charge on any atom is 0.433 e. The average molecular weight is 513 g/mol. The average Bonchev–Trinajstić information content (AvgIpc) is 3.76. The summed E-state index contributed by atoms with van der Waals surface area (Å²) >= 11 is 0. The minimum Gasteiger partial charge on any atom is -0.381 e. The zero-order valence-corrected chi connectivity index (χ0v) is 22.1. The van der Waals surface area contributed by atoms with Crippen molar-refractivity contribution in [2.75, 3.05) is 13.2 Å². The summed E-state index contributed by atoms with van der Waals surface area (Å²) in [4.78, 5) is 9.34. The van der Waals surface area contributed by atoms with Gasteiger partial charge < -0.3 is 9.47 Å². The van der Waals surface area contributed by atoms with Crippen LogP contribution < -0.4 is 0 Å². The van der Waals surface area contributed by atoms with Gasteiger partial charge in [-0.1, -0.05) is 33.8 Å². The fraction of sp³-hybridized carbons (Fsp3) is 0.667. The van der Waals surface area contributed by atoms with Crippen LogP contribution in [-0.4, -0.2) is 23.2 Å². The van der Waals surface area contributed by atoms with Gasteiger partial charge in [-0.25, -0.2) is 0 Å². The van der Waals surface area contributed by atoms with Crippen LogP contribution in [0.15, 0.2) is 18.3 Å². The standard InChI is InChI=1S/C30H35F3N2O2/c1-17(2)23-20-21(22-25(35-23)28(9-10-28)26(3,4)16-27(22)7-8-27)29(11-13-36-14-12-29)37-24(20)18-5-6-19(34-15-18)30(31,32)33/h5-6,15,17,24H,7-14,16H2,1-4H3/t24-/m1/s1. The van der Waals surface area contributed by atoms with Crippen molar-refractivity contribution in [1.82, 2.24) is 9.97 Å². The van der Waals surface area contributed by atoms with Crippen LogP contribution in [0.2, 0.25) is 0 Å². The highest BCUT2D eigenvalue weighted by Gasteiger charge is 2.68. The summed E-state index contributed by atoms with van der Waals surface area (Å²) in [5, 5.41) is 0. The molecule has 7 rings (SSSR count). The summed E-state index contributed by atoms with van der Waals surface area (Å²) in [6, 6.07) is 2.63. The lowest BCUT2D eigenvalue weighted by atomic mass is 9.58. The summed E-state index contributed by atoms with van der Waals surface area (Å²) in [6.07, 6.45) is 3.79. The Morgan fingerprint density at radius 2 is 1.68 bits per heavy atom. The molecule has 198 valence electrons. The van der Waals surface area contributed by atoms with Crippen LogP contribution in [0.5, 0.6) is 0 Å². The zero-order chi connectivity index (χ0) is 26.0. The van der Waals surface area contributed by atoms with E-state index in [1.165, 1.54) is 55.1 Å². The Morgan fingerprint density at radius 1 is 0.973 bits per heavy atom. The van der Waals surface area contributed by atoms with Crippen molar-refractivity contribution < 1.29 is 22.6 Å². The van der Waals surface area contributed by atoms with Crippen LogP contribution in [0.25, 0.3) is 0 Å². The Bertz CT molecular complexity index is 1270. The number of hydrogen-bond donors (Lipinski definition) is 0. The Hall–Kier alpha value is -1.99. The molecule has 0 radical (unpaired) electrons. The minimum absolute atomic E-state index is 0.120. The van der Waals surface area contributed by atoms with Crippen molar-refractivity contribution in [3.8, 4) is 0 Å². The molecule has 0 bridgehead atoms. The predicted octanol–water partition coefficient (Wildman–Crippen LogP) is 7.24. The number of hydrogen-bond acceptors (Lipinski definition) is 4. The maximum absolute atomic E-state index is 13.3. The van der Waals surface area contributed by atoms with Gasteiger partial charge in [0.25, 0.3) is 0 Å². The first-order chi connectivity index (χ1) is 17.4. The Kier molecular flexibility index (Phi) is 4.78. The Labute approximate surface area is 216 Å². The number of fused-ring (bicyclic) bond motifs is 6. The molecule has 5 aliphatic rings. The monoisotopic (exact) mass is 512 g/mol. The van der Waals surface area contributed by atoms with Gasteiger partial charge in [-0.2, -0.15) is 13.2 Å². The van der Waals surface area contributed by atoms with Gasteiger partial charge in [0.2, 0.25) is 0 Å². The number of rotatable bonds is 2. The molecule has 4 heterocycles. The van der Waals surface area contributed by atoms with Gasteiger partial charge >= 0.3 is 6.18 Å². The molecule has 7 heteroatoms. The second-order valence-corrected chi connectivity index (χ2v) is 13.2. The van der Waals surface area contributed by atoms with Crippen molar-refractivity contribution in [1.29, 1.82) is 0 Å². The van der Waals surface area contributed by atoms with Crippen molar-refractivity contribution >= 4 is 0 Å². The molecule has 3 fully saturated rings. The molecule has 0 aromatic carbocycles. The van der Waals surface area contributed by atoms with Gasteiger partial charge in [0.1, 0.15) is 11.8 Å². The first-order valence-electron chi connectivity index (χ1n) is 13.8. The lowest BCUT2D eigenvalue weighted by Crippen LogP contribution is -2.44. The fourth-order valence-corrected chi connectivity index (χ4v) is 8.07. The normalized spacial score (nSPS) is 27.5. The Balaban J connectivity index is 1.50. The van der Waals surface area contributed by atoms with E-state index in [0.717, 1.165) is 30.2 Å². The SMILES string of the molecule is CC(C)c1nc2c(c3c1[C@@H](c1ccc(C(F)(F)F)nc1)OC31CCOCC1)C1(CC1)CC(C)(C)C21CC1. The molecular weight excluding hydrogens is 477 g/mol. The quantitative estimate of drug-likeness (QED) is 0.426. The van der Waals surface area contributed by atoms with Gasteiger partial charge in [0.05, 0.1) is 11.3 Å². The van der Waals surface area contributed by atoms with E-state index in [1.807, 2.05) is 0 Å². The molecule has 0 amide bonds. The van der Waals surface area contributed by atoms with Crippen LogP contribution in [0, 0.1) is 5.41 Å². The van der Waals surface area contributed by atoms with Crippen LogP contribution >= 0.6 is 0 Å². The number of halogens is 3. The number of pyridine rings is 2. The van der Waals surface area contributed by atoms with E-state index in [4.69, 9.17) is 14.5 Å². The van der Waals surface area contributed by atoms with E-state index in [2.05, 4.69) is 32.7 Å². The third-order valence-electron chi connectivity index (χ3n) is 10.2. The third-order valence-corrected chi connectivity index (χ3v) is 10.2. The number of ether oxygens (including phenoxy) is 2. The summed E-state index contributed by atoms with van der Waals surface area (Å²) in [5.41, 5.74) is 5.96. The summed E-state index contributed by atoms with van der Waals surface area (Å²) in [7, 11) is 0. The summed E-state index contributed by atoms with van der Waals surface area (Å²) in [6.45, 7) is 10.5. The van der Waals surface area contributed by atoms with E-state index in [9.17, 15) is 13.2 Å². The molecule has 4 nitrogen and oxygen atoms in total. The third kappa shape index (κ3) is 3.22. The number of alkyl halides is 3. The predicted molar refractivity (Wildman–Crippen MR) is 132 cm³/mol. The molecule has 0 N–H and O–H groups in total. The maximum atomic E-state index is 13.3. The van der Waals surface area contributed by atoms with Gasteiger partial charge in [0.15, 0.2) is 0 Å². The van der Waals surface area contributed by atoms with Gasteiger partial charge in [-0.05, 0) is 66.0 Å². The van der Waals surface area contributed by atoms with E-state index in [-0.39, 0.29) is 22.2 Å². The van der Waals surface area contributed by atoms with E-state index in [1.54, 1.807) is 6.07 Å². The van der Waals surface area contributed by atoms with Crippen molar-refractivity contribution in [2.45, 2.75) is 107 Å². The first kappa shape index (κ1) is 24.1. The molecule has 2 aliphatic heterocycles. The van der Waals surface area contributed by atoms with Crippen LogP contribution in [-0.2, 0) is 32.1 Å². The van der Waals surface area contributed by atoms with Gasteiger partial charge in [-0.15, -0.1) is 0 Å². The van der Waals surface area contributed by atoms with Gasteiger partial charge in [0, 0.05) is 54.5 Å². The van der Waals surface area contributed by atoms with E-state index >= 15 is 0 Å². The highest BCUT2D eigenvalue weighted by molar-refractivity contribution is 5.60. The molecular formula is C30H35F3N2O2. The van der Waals surface area contributed by atoms with E-state index < -0.39 is 23.6 Å². The highest BCUT2D eigenvalue weighted by Crippen LogP contribution is 2.74. The molecule has 0 unspecified atom stereocenters. The lowest BCUT2D eigenvalue weighted by Gasteiger charge is -2.47. The Morgan fingerprint density at radius 3 is 2.22 bits per heavy atom.